The van der Waals surface area contributed by atoms with Crippen LogP contribution in [0.15, 0.2) is 18.3 Å². The van der Waals surface area contributed by atoms with Crippen LogP contribution in [0.2, 0.25) is 0 Å². The van der Waals surface area contributed by atoms with E-state index in [1.165, 1.54) is 5.56 Å². The van der Waals surface area contributed by atoms with E-state index in [0.29, 0.717) is 12.2 Å². The normalized spacial score (nSPS) is 11.6. The van der Waals surface area contributed by atoms with Crippen LogP contribution in [0.3, 0.4) is 0 Å². The van der Waals surface area contributed by atoms with Crippen molar-refractivity contribution < 1.29 is 4.79 Å². The summed E-state index contributed by atoms with van der Waals surface area (Å²) in [6.45, 7) is 12.7. The summed E-state index contributed by atoms with van der Waals surface area (Å²) >= 11 is 0. The number of carbonyl (C=O) groups excluding carboxylic acids is 1. The fraction of sp³-hybridized carbons (Fsp3) is 0.500. The lowest BCUT2D eigenvalue weighted by atomic mass is 10.1. The number of pyridine rings is 1. The van der Waals surface area contributed by atoms with Crippen LogP contribution in [0, 0.1) is 13.8 Å². The average Bonchev–Trinajstić information content (AvgIpc) is 2.81. The second-order valence-electron chi connectivity index (χ2n) is 6.84. The third kappa shape index (κ3) is 3.78. The van der Waals surface area contributed by atoms with Crippen LogP contribution < -0.4 is 5.32 Å². The summed E-state index contributed by atoms with van der Waals surface area (Å²) in [5.74, 6) is -0.157. The van der Waals surface area contributed by atoms with Gasteiger partial charge in [0.25, 0.3) is 5.91 Å². The predicted octanol–water partition coefficient (Wildman–Crippen LogP) is 3.14. The Morgan fingerprint density at radius 3 is 2.43 bits per heavy atom. The minimum absolute atomic E-state index is 0.148. The number of nitrogens with one attached hydrogen (secondary N) is 1. The van der Waals surface area contributed by atoms with Crippen molar-refractivity contribution in [2.45, 2.75) is 60.0 Å². The molecule has 2 rings (SSSR count). The average molecular weight is 314 g/mol. The van der Waals surface area contributed by atoms with Gasteiger partial charge in [-0.1, -0.05) is 13.0 Å². The van der Waals surface area contributed by atoms with Gasteiger partial charge in [-0.2, -0.15) is 5.10 Å². The van der Waals surface area contributed by atoms with Gasteiger partial charge in [-0.05, 0) is 52.7 Å². The summed E-state index contributed by atoms with van der Waals surface area (Å²) < 4.78 is 1.91. The number of carbonyl (C=O) groups is 1. The molecule has 0 spiro atoms. The number of aryl methyl sites for hydroxylation is 1. The fourth-order valence-corrected chi connectivity index (χ4v) is 2.47. The predicted molar refractivity (Wildman–Crippen MR) is 91.5 cm³/mol. The second-order valence-corrected chi connectivity index (χ2v) is 6.84. The van der Waals surface area contributed by atoms with E-state index in [4.69, 9.17) is 0 Å². The highest BCUT2D eigenvalue weighted by atomic mass is 16.1. The monoisotopic (exact) mass is 314 g/mol. The van der Waals surface area contributed by atoms with E-state index < -0.39 is 0 Å². The molecule has 0 fully saturated rings. The zero-order valence-corrected chi connectivity index (χ0v) is 14.9. The molecule has 1 amide bonds. The van der Waals surface area contributed by atoms with Crippen LogP contribution in [0.4, 0.5) is 0 Å². The molecular weight excluding hydrogens is 288 g/mol. The van der Waals surface area contributed by atoms with Crippen LogP contribution in [-0.4, -0.2) is 20.7 Å². The third-order valence-corrected chi connectivity index (χ3v) is 3.99. The molecule has 0 aromatic carbocycles. The Hall–Kier alpha value is -2.17. The minimum Gasteiger partial charge on any atom is -0.345 e. The third-order valence-electron chi connectivity index (χ3n) is 3.99. The first-order valence-electron chi connectivity index (χ1n) is 8.02. The first kappa shape index (κ1) is 17.2. The Morgan fingerprint density at radius 1 is 1.26 bits per heavy atom. The van der Waals surface area contributed by atoms with Crippen molar-refractivity contribution in [2.24, 2.45) is 0 Å². The number of nitrogens with zero attached hydrogens (tertiary/aromatic N) is 3. The Kier molecular flexibility index (Phi) is 4.88. The smallest absolute Gasteiger partial charge is 0.272 e. The van der Waals surface area contributed by atoms with Gasteiger partial charge in [-0.3, -0.25) is 14.5 Å². The van der Waals surface area contributed by atoms with Crippen molar-refractivity contribution in [1.29, 1.82) is 0 Å². The molecule has 0 saturated heterocycles. The van der Waals surface area contributed by atoms with Crippen molar-refractivity contribution in [3.63, 3.8) is 0 Å². The number of hydrogen-bond acceptors (Lipinski definition) is 3. The van der Waals surface area contributed by atoms with Gasteiger partial charge in [-0.25, -0.2) is 0 Å². The standard InChI is InChI=1S/C18H26N4O/c1-7-14-8-9-15(19-10-14)11-20-17(23)16-12(2)13(3)22(21-16)18(4,5)6/h8-10H,7,11H2,1-6H3,(H,20,23). The van der Waals surface area contributed by atoms with E-state index in [1.807, 2.05) is 36.9 Å². The van der Waals surface area contributed by atoms with Gasteiger partial charge in [0, 0.05) is 17.5 Å². The summed E-state index contributed by atoms with van der Waals surface area (Å²) in [5, 5.41) is 7.41. The Morgan fingerprint density at radius 2 is 1.96 bits per heavy atom. The van der Waals surface area contributed by atoms with Gasteiger partial charge in [-0.15, -0.1) is 0 Å². The molecule has 124 valence electrons. The van der Waals surface area contributed by atoms with Gasteiger partial charge in [0.05, 0.1) is 17.8 Å². The van der Waals surface area contributed by atoms with Gasteiger partial charge >= 0.3 is 0 Å². The quantitative estimate of drug-likeness (QED) is 0.943. The maximum atomic E-state index is 12.4. The number of aromatic nitrogens is 3. The van der Waals surface area contributed by atoms with Crippen LogP contribution in [0.1, 0.15) is 60.7 Å². The zero-order chi connectivity index (χ0) is 17.2. The molecule has 0 aliphatic rings. The molecule has 0 unspecified atom stereocenters. The summed E-state index contributed by atoms with van der Waals surface area (Å²) in [7, 11) is 0. The lowest BCUT2D eigenvalue weighted by Gasteiger charge is -2.21. The van der Waals surface area contributed by atoms with Crippen molar-refractivity contribution in [1.82, 2.24) is 20.1 Å². The van der Waals surface area contributed by atoms with E-state index in [1.54, 1.807) is 0 Å². The van der Waals surface area contributed by atoms with Crippen molar-refractivity contribution in [3.05, 3.63) is 46.5 Å². The van der Waals surface area contributed by atoms with E-state index in [9.17, 15) is 4.79 Å². The van der Waals surface area contributed by atoms with E-state index in [0.717, 1.165) is 23.4 Å². The van der Waals surface area contributed by atoms with Gasteiger partial charge < -0.3 is 5.32 Å². The van der Waals surface area contributed by atoms with Crippen molar-refractivity contribution in [2.75, 3.05) is 0 Å². The molecule has 0 aliphatic carbocycles. The lowest BCUT2D eigenvalue weighted by Crippen LogP contribution is -2.27. The van der Waals surface area contributed by atoms with Gasteiger partial charge in [0.1, 0.15) is 0 Å². The molecule has 23 heavy (non-hydrogen) atoms. The van der Waals surface area contributed by atoms with Gasteiger partial charge in [0.2, 0.25) is 0 Å². The molecule has 0 bridgehead atoms. The molecule has 5 heteroatoms. The molecule has 5 nitrogen and oxygen atoms in total. The van der Waals surface area contributed by atoms with Crippen molar-refractivity contribution >= 4 is 5.91 Å². The van der Waals surface area contributed by atoms with Crippen LogP contribution >= 0.6 is 0 Å². The van der Waals surface area contributed by atoms with Crippen LogP contribution in [0.25, 0.3) is 0 Å². The highest BCUT2D eigenvalue weighted by Gasteiger charge is 2.23. The molecule has 2 aromatic heterocycles. The van der Waals surface area contributed by atoms with Crippen LogP contribution in [-0.2, 0) is 18.5 Å². The molecule has 0 radical (unpaired) electrons. The molecule has 1 N–H and O–H groups in total. The summed E-state index contributed by atoms with van der Waals surface area (Å²) in [5.41, 5.74) is 4.32. The maximum absolute atomic E-state index is 12.4. The maximum Gasteiger partial charge on any atom is 0.272 e. The largest absolute Gasteiger partial charge is 0.345 e. The lowest BCUT2D eigenvalue weighted by molar-refractivity contribution is 0.0943. The topological polar surface area (TPSA) is 59.8 Å². The Bertz CT molecular complexity index is 693. The molecule has 2 aromatic rings. The first-order chi connectivity index (χ1) is 10.7. The summed E-state index contributed by atoms with van der Waals surface area (Å²) in [6, 6.07) is 3.99. The zero-order valence-electron chi connectivity index (χ0n) is 14.9. The second kappa shape index (κ2) is 6.52. The van der Waals surface area contributed by atoms with Crippen LogP contribution in [0.5, 0.6) is 0 Å². The highest BCUT2D eigenvalue weighted by molar-refractivity contribution is 5.93. The van der Waals surface area contributed by atoms with E-state index >= 15 is 0 Å². The summed E-state index contributed by atoms with van der Waals surface area (Å²) in [6.07, 6.45) is 2.81. The Balaban J connectivity index is 2.11. The molecule has 0 aliphatic heterocycles. The number of rotatable bonds is 4. The fourth-order valence-electron chi connectivity index (χ4n) is 2.47. The number of amides is 1. The molecule has 0 atom stereocenters. The Labute approximate surface area is 138 Å². The van der Waals surface area contributed by atoms with Gasteiger partial charge in [0.15, 0.2) is 5.69 Å². The highest BCUT2D eigenvalue weighted by Crippen LogP contribution is 2.20. The van der Waals surface area contributed by atoms with Crippen molar-refractivity contribution in [3.8, 4) is 0 Å². The number of hydrogen-bond donors (Lipinski definition) is 1. The molecular formula is C18H26N4O. The molecule has 0 saturated carbocycles. The molecule has 2 heterocycles. The minimum atomic E-state index is -0.157. The van der Waals surface area contributed by atoms with E-state index in [2.05, 4.69) is 43.1 Å². The summed E-state index contributed by atoms with van der Waals surface area (Å²) in [4.78, 5) is 16.8. The SMILES string of the molecule is CCc1ccc(CNC(=O)c2nn(C(C)(C)C)c(C)c2C)nc1. The first-order valence-corrected chi connectivity index (χ1v) is 8.02. The van der Waals surface area contributed by atoms with E-state index in [-0.39, 0.29) is 11.4 Å².